The van der Waals surface area contributed by atoms with Gasteiger partial charge in [-0.2, -0.15) is 0 Å². The van der Waals surface area contributed by atoms with E-state index in [1.54, 1.807) is 24.4 Å². The van der Waals surface area contributed by atoms with E-state index in [-0.39, 0.29) is 6.61 Å². The van der Waals surface area contributed by atoms with Gasteiger partial charge in [-0.05, 0) is 55.0 Å². The zero-order valence-electron chi connectivity index (χ0n) is 14.2. The molecule has 3 N–H and O–H groups in total. The Balaban J connectivity index is 1.89. The second kappa shape index (κ2) is 7.93. The Morgan fingerprint density at radius 1 is 1.19 bits per heavy atom. The van der Waals surface area contributed by atoms with Crippen LogP contribution in [0.15, 0.2) is 48.7 Å². The molecular weight excluding hydrogens is 354 g/mol. The zero-order valence-corrected chi connectivity index (χ0v) is 14.9. The molecule has 0 fully saturated rings. The van der Waals surface area contributed by atoms with Gasteiger partial charge in [0.2, 0.25) is 0 Å². The van der Waals surface area contributed by atoms with Gasteiger partial charge in [0.1, 0.15) is 17.3 Å². The van der Waals surface area contributed by atoms with E-state index in [9.17, 15) is 4.79 Å². The number of nitrogens with zero attached hydrogens (tertiary/aromatic N) is 1. The van der Waals surface area contributed by atoms with Gasteiger partial charge in [-0.3, -0.25) is 4.79 Å². The molecule has 1 heterocycles. The van der Waals surface area contributed by atoms with Gasteiger partial charge in [-0.1, -0.05) is 11.6 Å². The molecular formula is C19H18ClN3O3. The number of primary amides is 1. The number of carbonyl (C=O) groups excluding carboxylic acids is 1. The summed E-state index contributed by atoms with van der Waals surface area (Å²) < 4.78 is 10.9. The Kier molecular flexibility index (Phi) is 5.43. The van der Waals surface area contributed by atoms with Gasteiger partial charge < -0.3 is 20.2 Å². The van der Waals surface area contributed by atoms with Crippen LogP contribution in [0.5, 0.6) is 11.5 Å². The van der Waals surface area contributed by atoms with Gasteiger partial charge in [0.05, 0.1) is 24.1 Å². The lowest BCUT2D eigenvalue weighted by atomic mass is 10.1. The minimum Gasteiger partial charge on any atom is -0.494 e. The molecule has 1 amide bonds. The van der Waals surface area contributed by atoms with Crippen LogP contribution >= 0.6 is 11.6 Å². The molecule has 0 atom stereocenters. The third-order valence-electron chi connectivity index (χ3n) is 3.62. The zero-order chi connectivity index (χ0) is 18.5. The summed E-state index contributed by atoms with van der Waals surface area (Å²) in [6.45, 7) is 2.34. The quantitative estimate of drug-likeness (QED) is 0.663. The van der Waals surface area contributed by atoms with Crippen molar-refractivity contribution in [2.45, 2.75) is 6.92 Å². The van der Waals surface area contributed by atoms with Crippen molar-refractivity contribution in [3.63, 3.8) is 0 Å². The number of imidazole rings is 1. The van der Waals surface area contributed by atoms with E-state index >= 15 is 0 Å². The summed E-state index contributed by atoms with van der Waals surface area (Å²) >= 11 is 6.10. The van der Waals surface area contributed by atoms with Gasteiger partial charge in [0, 0.05) is 5.02 Å². The third-order valence-corrected chi connectivity index (χ3v) is 3.85. The number of aromatic amines is 1. The highest BCUT2D eigenvalue weighted by atomic mass is 35.5. The van der Waals surface area contributed by atoms with E-state index in [0.29, 0.717) is 28.8 Å². The summed E-state index contributed by atoms with van der Waals surface area (Å²) in [5.41, 5.74) is 7.60. The van der Waals surface area contributed by atoms with Crippen LogP contribution < -0.4 is 15.2 Å². The van der Waals surface area contributed by atoms with Crippen molar-refractivity contribution in [2.24, 2.45) is 5.73 Å². The Labute approximate surface area is 155 Å². The molecule has 7 heteroatoms. The number of nitrogens with one attached hydrogen (secondary N) is 1. The molecule has 0 aliphatic heterocycles. The normalized spacial score (nSPS) is 10.5. The highest BCUT2D eigenvalue weighted by Crippen LogP contribution is 2.32. The van der Waals surface area contributed by atoms with E-state index in [1.165, 1.54) is 0 Å². The maximum absolute atomic E-state index is 11.0. The molecule has 1 aromatic heterocycles. The Hall–Kier alpha value is -2.99. The number of hydrogen-bond acceptors (Lipinski definition) is 4. The molecule has 134 valence electrons. The number of amides is 1. The largest absolute Gasteiger partial charge is 0.494 e. The highest BCUT2D eigenvalue weighted by Gasteiger charge is 2.13. The van der Waals surface area contributed by atoms with Gasteiger partial charge in [-0.15, -0.1) is 0 Å². The standard InChI is InChI=1S/C19H18ClN3O3/c1-2-25-14-6-3-12(4-7-14)16-10-22-19(23-16)15-9-13(20)5-8-17(15)26-11-18(21)24/h3-10H,2,11H2,1H3,(H2,21,24)(H,22,23). The van der Waals surface area contributed by atoms with E-state index in [0.717, 1.165) is 17.0 Å². The number of carbonyl (C=O) groups is 1. The molecule has 0 radical (unpaired) electrons. The lowest BCUT2D eigenvalue weighted by Crippen LogP contribution is -2.20. The molecule has 0 saturated heterocycles. The Morgan fingerprint density at radius 2 is 1.96 bits per heavy atom. The van der Waals surface area contributed by atoms with E-state index in [1.807, 2.05) is 31.2 Å². The summed E-state index contributed by atoms with van der Waals surface area (Å²) in [6, 6.07) is 12.8. The SMILES string of the molecule is CCOc1ccc(-c2cnc(-c3cc(Cl)ccc3OCC(N)=O)[nH]2)cc1. The highest BCUT2D eigenvalue weighted by molar-refractivity contribution is 6.30. The smallest absolute Gasteiger partial charge is 0.255 e. The number of benzene rings is 2. The van der Waals surface area contributed by atoms with Gasteiger partial charge in [0.25, 0.3) is 5.91 Å². The van der Waals surface area contributed by atoms with Crippen LogP contribution in [0.1, 0.15) is 6.92 Å². The number of aromatic nitrogens is 2. The number of halogens is 1. The van der Waals surface area contributed by atoms with E-state index in [2.05, 4.69) is 9.97 Å². The fourth-order valence-electron chi connectivity index (χ4n) is 2.46. The summed E-state index contributed by atoms with van der Waals surface area (Å²) in [4.78, 5) is 18.6. The number of rotatable bonds is 7. The van der Waals surface area contributed by atoms with E-state index < -0.39 is 5.91 Å². The predicted molar refractivity (Wildman–Crippen MR) is 100 cm³/mol. The minimum atomic E-state index is -0.555. The van der Waals surface area contributed by atoms with Crippen LogP contribution in [0.3, 0.4) is 0 Å². The van der Waals surface area contributed by atoms with Crippen molar-refractivity contribution in [1.82, 2.24) is 9.97 Å². The number of ether oxygens (including phenoxy) is 2. The molecule has 2 aromatic carbocycles. The van der Waals surface area contributed by atoms with Crippen molar-refractivity contribution < 1.29 is 14.3 Å². The summed E-state index contributed by atoms with van der Waals surface area (Å²) in [6.07, 6.45) is 1.73. The van der Waals surface area contributed by atoms with Crippen LogP contribution in [-0.4, -0.2) is 29.1 Å². The summed E-state index contributed by atoms with van der Waals surface area (Å²) in [7, 11) is 0. The molecule has 3 aromatic rings. The number of nitrogens with two attached hydrogens (primary N) is 1. The molecule has 0 aliphatic rings. The lowest BCUT2D eigenvalue weighted by Gasteiger charge is -2.09. The molecule has 3 rings (SSSR count). The molecule has 0 unspecified atom stereocenters. The van der Waals surface area contributed by atoms with Crippen LogP contribution in [0.2, 0.25) is 5.02 Å². The first-order valence-electron chi connectivity index (χ1n) is 8.06. The van der Waals surface area contributed by atoms with Gasteiger partial charge in [0.15, 0.2) is 6.61 Å². The van der Waals surface area contributed by atoms with Crippen molar-refractivity contribution in [2.75, 3.05) is 13.2 Å². The van der Waals surface area contributed by atoms with Gasteiger partial charge >= 0.3 is 0 Å². The first-order chi connectivity index (χ1) is 12.6. The molecule has 0 aliphatic carbocycles. The van der Waals surface area contributed by atoms with Gasteiger partial charge in [-0.25, -0.2) is 4.98 Å². The van der Waals surface area contributed by atoms with Crippen LogP contribution in [0, 0.1) is 0 Å². The topological polar surface area (TPSA) is 90.2 Å². The Bertz CT molecular complexity index is 907. The predicted octanol–water partition coefficient (Wildman–Crippen LogP) is 3.66. The fourth-order valence-corrected chi connectivity index (χ4v) is 2.64. The van der Waals surface area contributed by atoms with Crippen LogP contribution in [0.25, 0.3) is 22.6 Å². The van der Waals surface area contributed by atoms with Crippen molar-refractivity contribution in [3.8, 4) is 34.1 Å². The van der Waals surface area contributed by atoms with Crippen molar-refractivity contribution >= 4 is 17.5 Å². The van der Waals surface area contributed by atoms with Crippen molar-refractivity contribution in [3.05, 3.63) is 53.7 Å². The molecule has 6 nitrogen and oxygen atoms in total. The third kappa shape index (κ3) is 4.15. The summed E-state index contributed by atoms with van der Waals surface area (Å²) in [5.74, 6) is 1.31. The maximum Gasteiger partial charge on any atom is 0.255 e. The molecule has 0 spiro atoms. The van der Waals surface area contributed by atoms with E-state index in [4.69, 9.17) is 26.8 Å². The fraction of sp³-hybridized carbons (Fsp3) is 0.158. The first-order valence-corrected chi connectivity index (χ1v) is 8.44. The number of H-pyrrole nitrogens is 1. The minimum absolute atomic E-state index is 0.221. The average molecular weight is 372 g/mol. The second-order valence-electron chi connectivity index (χ2n) is 5.50. The average Bonchev–Trinajstić information content (AvgIpc) is 3.11. The molecule has 26 heavy (non-hydrogen) atoms. The first kappa shape index (κ1) is 17.8. The molecule has 0 bridgehead atoms. The monoisotopic (exact) mass is 371 g/mol. The van der Waals surface area contributed by atoms with Crippen LogP contribution in [0.4, 0.5) is 0 Å². The maximum atomic E-state index is 11.0. The Morgan fingerprint density at radius 3 is 2.65 bits per heavy atom. The van der Waals surface area contributed by atoms with Crippen LogP contribution in [-0.2, 0) is 4.79 Å². The van der Waals surface area contributed by atoms with Crippen molar-refractivity contribution in [1.29, 1.82) is 0 Å². The lowest BCUT2D eigenvalue weighted by molar-refractivity contribution is -0.119. The second-order valence-corrected chi connectivity index (χ2v) is 5.93. The summed E-state index contributed by atoms with van der Waals surface area (Å²) in [5, 5.41) is 0.533. The molecule has 0 saturated carbocycles. The number of hydrogen-bond donors (Lipinski definition) is 2.